The van der Waals surface area contributed by atoms with Crippen molar-refractivity contribution < 1.29 is 32.9 Å². The van der Waals surface area contributed by atoms with Crippen LogP contribution in [0.25, 0.3) is 0 Å². The zero-order valence-electron chi connectivity index (χ0n) is 36.0. The highest BCUT2D eigenvalue weighted by molar-refractivity contribution is 5.95. The zero-order valence-corrected chi connectivity index (χ0v) is 36.0. The predicted molar refractivity (Wildman–Crippen MR) is 228 cm³/mol. The van der Waals surface area contributed by atoms with Gasteiger partial charge in [-0.05, 0) is 120 Å². The number of benzene rings is 3. The molecular weight excluding hydrogens is 689 g/mol. The van der Waals surface area contributed by atoms with Gasteiger partial charge in [-0.2, -0.15) is 0 Å². The Labute approximate surface area is 331 Å². The fraction of sp³-hybridized carbons (Fsp3) is 0.533. The van der Waals surface area contributed by atoms with Crippen molar-refractivity contribution in [2.24, 2.45) is 0 Å². The molecule has 302 valence electrons. The summed E-state index contributed by atoms with van der Waals surface area (Å²) < 4.78 is 1.75. The first-order chi connectivity index (χ1) is 25.9. The molecule has 0 atom stereocenters. The molecule has 0 spiro atoms. The standard InChI is InChI=1S/C45H68N6O4/c1-13-50(14-2,15-3)30-41(54)46-43-33(7)21-22-36(34(43)8)28-39-24-23-37(35(9)45(39)48-40(53)29-49(10,11)12)27-38-20-18-19-32(6)44(38)47-42(55)31-51(16-4,17-5)25-26-52/h18-24,52H,13-17,25-31H2,1-12H3/p+3. The minimum absolute atomic E-state index is 0.0216. The summed E-state index contributed by atoms with van der Waals surface area (Å²) in [5.41, 5.74) is 10.6. The lowest BCUT2D eigenvalue weighted by molar-refractivity contribution is -0.917. The number of carbonyl (C=O) groups excluding carboxylic acids is 3. The van der Waals surface area contributed by atoms with Gasteiger partial charge in [0.25, 0.3) is 17.7 Å². The Morgan fingerprint density at radius 2 is 0.945 bits per heavy atom. The third kappa shape index (κ3) is 12.0. The number of rotatable bonds is 20. The molecular formula is C45H71N6O4+3. The van der Waals surface area contributed by atoms with E-state index in [0.29, 0.717) is 41.4 Å². The molecule has 0 saturated carbocycles. The molecule has 10 nitrogen and oxygen atoms in total. The van der Waals surface area contributed by atoms with Crippen LogP contribution in [0.1, 0.15) is 79.1 Å². The first-order valence-corrected chi connectivity index (χ1v) is 20.2. The van der Waals surface area contributed by atoms with Crippen LogP contribution in [0.5, 0.6) is 0 Å². The second-order valence-electron chi connectivity index (χ2n) is 16.5. The number of aliphatic hydroxyl groups is 1. The molecule has 4 N–H and O–H groups in total. The van der Waals surface area contributed by atoms with Crippen molar-refractivity contribution in [3.05, 3.63) is 87.0 Å². The lowest BCUT2D eigenvalue weighted by Crippen LogP contribution is -2.53. The molecule has 0 bridgehead atoms. The second-order valence-corrected chi connectivity index (χ2v) is 16.5. The minimum Gasteiger partial charge on any atom is -0.391 e. The van der Waals surface area contributed by atoms with Gasteiger partial charge in [0.15, 0.2) is 19.6 Å². The first kappa shape index (κ1) is 45.3. The first-order valence-electron chi connectivity index (χ1n) is 20.2. The summed E-state index contributed by atoms with van der Waals surface area (Å²) >= 11 is 0. The van der Waals surface area contributed by atoms with Gasteiger partial charge in [0.1, 0.15) is 6.54 Å². The SMILES string of the molecule is CC[N+](CC)(CCO)CC(=O)Nc1c(C)cccc1Cc1ccc(Cc2ccc(C)c(NC(=O)C[N+](CC)(CC)CC)c2C)c(NC(=O)C[N+](C)(C)C)c1C. The van der Waals surface area contributed by atoms with E-state index in [4.69, 9.17) is 0 Å². The van der Waals surface area contributed by atoms with Crippen molar-refractivity contribution in [1.82, 2.24) is 0 Å². The monoisotopic (exact) mass is 760 g/mol. The van der Waals surface area contributed by atoms with Gasteiger partial charge in [-0.25, -0.2) is 0 Å². The van der Waals surface area contributed by atoms with E-state index in [1.54, 1.807) is 0 Å². The summed E-state index contributed by atoms with van der Waals surface area (Å²) in [6, 6.07) is 14.5. The fourth-order valence-corrected chi connectivity index (χ4v) is 7.70. The molecule has 3 amide bonds. The maximum atomic E-state index is 13.5. The fourth-order valence-electron chi connectivity index (χ4n) is 7.70. The van der Waals surface area contributed by atoms with Crippen molar-refractivity contribution in [1.29, 1.82) is 0 Å². The minimum atomic E-state index is -0.0727. The predicted octanol–water partition coefficient (Wildman–Crippen LogP) is 6.35. The van der Waals surface area contributed by atoms with E-state index in [9.17, 15) is 19.5 Å². The van der Waals surface area contributed by atoms with Crippen molar-refractivity contribution in [3.63, 3.8) is 0 Å². The van der Waals surface area contributed by atoms with Crippen LogP contribution >= 0.6 is 0 Å². The van der Waals surface area contributed by atoms with Crippen molar-refractivity contribution in [3.8, 4) is 0 Å². The topological polar surface area (TPSA) is 108 Å². The molecule has 0 fully saturated rings. The quantitative estimate of drug-likeness (QED) is 0.101. The van der Waals surface area contributed by atoms with Crippen molar-refractivity contribution in [2.45, 2.75) is 75.2 Å². The second kappa shape index (κ2) is 19.7. The molecule has 3 aromatic rings. The molecule has 0 aromatic heterocycles. The number of likely N-dealkylation sites (N-methyl/N-ethyl adjacent to an activating group) is 3. The van der Waals surface area contributed by atoms with Gasteiger partial charge in [-0.15, -0.1) is 0 Å². The van der Waals surface area contributed by atoms with Crippen LogP contribution in [0.15, 0.2) is 42.5 Å². The average molecular weight is 760 g/mol. The Morgan fingerprint density at radius 1 is 0.527 bits per heavy atom. The summed E-state index contributed by atoms with van der Waals surface area (Å²) in [6.07, 6.45) is 1.14. The van der Waals surface area contributed by atoms with E-state index in [-0.39, 0.29) is 30.9 Å². The number of aryl methyl sites for hydroxylation is 2. The maximum absolute atomic E-state index is 13.5. The van der Waals surface area contributed by atoms with Crippen LogP contribution < -0.4 is 16.0 Å². The Bertz CT molecular complexity index is 1800. The van der Waals surface area contributed by atoms with E-state index in [1.165, 1.54) is 0 Å². The van der Waals surface area contributed by atoms with E-state index in [1.807, 2.05) is 47.1 Å². The van der Waals surface area contributed by atoms with Crippen LogP contribution in [0.4, 0.5) is 17.1 Å². The number of hydrogen-bond donors (Lipinski definition) is 4. The molecule has 0 aliphatic heterocycles. The Morgan fingerprint density at radius 3 is 1.47 bits per heavy atom. The molecule has 0 radical (unpaired) electrons. The summed E-state index contributed by atoms with van der Waals surface area (Å²) in [6.45, 7) is 24.5. The van der Waals surface area contributed by atoms with Crippen LogP contribution in [-0.4, -0.2) is 123 Å². The van der Waals surface area contributed by atoms with Gasteiger partial charge in [0.2, 0.25) is 0 Å². The smallest absolute Gasteiger partial charge is 0.279 e. The highest BCUT2D eigenvalue weighted by atomic mass is 16.3. The Hall–Kier alpha value is -4.09. The number of nitrogens with one attached hydrogen (secondary N) is 3. The van der Waals surface area contributed by atoms with Gasteiger partial charge >= 0.3 is 0 Å². The molecule has 0 saturated heterocycles. The van der Waals surface area contributed by atoms with Crippen LogP contribution in [0.3, 0.4) is 0 Å². The van der Waals surface area contributed by atoms with Gasteiger partial charge in [-0.1, -0.05) is 42.5 Å². The number of carbonyl (C=O) groups is 3. The summed E-state index contributed by atoms with van der Waals surface area (Å²) in [5, 5.41) is 19.5. The molecule has 0 aliphatic carbocycles. The molecule has 10 heteroatoms. The van der Waals surface area contributed by atoms with Crippen LogP contribution in [0, 0.1) is 27.7 Å². The number of aliphatic hydroxyl groups excluding tert-OH is 1. The van der Waals surface area contributed by atoms with Crippen LogP contribution in [-0.2, 0) is 27.2 Å². The molecule has 0 unspecified atom stereocenters. The Kier molecular flexibility index (Phi) is 16.2. The van der Waals surface area contributed by atoms with Crippen molar-refractivity contribution >= 4 is 34.8 Å². The van der Waals surface area contributed by atoms with Crippen LogP contribution in [0.2, 0.25) is 0 Å². The molecule has 3 aromatic carbocycles. The van der Waals surface area contributed by atoms with E-state index in [2.05, 4.69) is 94.7 Å². The number of anilines is 3. The average Bonchev–Trinajstić information content (AvgIpc) is 3.13. The van der Waals surface area contributed by atoms with Crippen molar-refractivity contribution in [2.75, 3.05) is 103 Å². The zero-order chi connectivity index (χ0) is 41.1. The molecule has 3 rings (SSSR count). The van der Waals surface area contributed by atoms with Gasteiger partial charge in [-0.3, -0.25) is 14.4 Å². The summed E-state index contributed by atoms with van der Waals surface area (Å²) in [4.78, 5) is 40.4. The number of quaternary nitrogens is 3. The van der Waals surface area contributed by atoms with Gasteiger partial charge < -0.3 is 34.5 Å². The summed E-state index contributed by atoms with van der Waals surface area (Å²) in [7, 11) is 6.00. The molecule has 0 heterocycles. The molecule has 55 heavy (non-hydrogen) atoms. The largest absolute Gasteiger partial charge is 0.391 e. The van der Waals surface area contributed by atoms with E-state index < -0.39 is 0 Å². The highest BCUT2D eigenvalue weighted by Gasteiger charge is 2.28. The number of hydrogen-bond acceptors (Lipinski definition) is 4. The normalized spacial score (nSPS) is 12.1. The molecule has 0 aliphatic rings. The number of nitrogens with zero attached hydrogens (tertiary/aromatic N) is 3. The third-order valence-corrected chi connectivity index (χ3v) is 11.9. The highest BCUT2D eigenvalue weighted by Crippen LogP contribution is 2.33. The Balaban J connectivity index is 2.03. The number of para-hydroxylation sites is 1. The number of amides is 3. The van der Waals surface area contributed by atoms with Gasteiger partial charge in [0, 0.05) is 17.1 Å². The summed E-state index contributed by atoms with van der Waals surface area (Å²) in [5.74, 6) is -0.114. The van der Waals surface area contributed by atoms with E-state index in [0.717, 1.165) is 98.8 Å². The van der Waals surface area contributed by atoms with E-state index >= 15 is 0 Å². The lowest BCUT2D eigenvalue weighted by atomic mass is 9.91. The third-order valence-electron chi connectivity index (χ3n) is 11.9. The van der Waals surface area contributed by atoms with Gasteiger partial charge in [0.05, 0.1) is 60.5 Å². The maximum Gasteiger partial charge on any atom is 0.279 e. The lowest BCUT2D eigenvalue weighted by Gasteiger charge is -2.35.